The molecule has 4 heteroatoms. The highest BCUT2D eigenvalue weighted by Crippen LogP contribution is 2.79. The van der Waals surface area contributed by atoms with Crippen LogP contribution in [-0.2, 0) is 19.1 Å². The molecule has 52 heavy (non-hydrogen) atoms. The molecule has 0 aromatic carbocycles. The van der Waals surface area contributed by atoms with Gasteiger partial charge in [-0.1, -0.05) is 65.2 Å². The minimum absolute atomic E-state index is 0.0939. The van der Waals surface area contributed by atoms with Crippen LogP contribution in [0.25, 0.3) is 0 Å². The van der Waals surface area contributed by atoms with Gasteiger partial charge < -0.3 is 9.47 Å². The molecule has 0 amide bonds. The molecular weight excluding hydrogens is 641 g/mol. The van der Waals surface area contributed by atoms with Crippen LogP contribution in [0, 0.1) is 32.5 Å². The number of fused-ring (bicyclic) bond motifs is 12. The van der Waals surface area contributed by atoms with Gasteiger partial charge in [0.25, 0.3) is 0 Å². The van der Waals surface area contributed by atoms with Crippen LogP contribution in [0.3, 0.4) is 0 Å². The lowest BCUT2D eigenvalue weighted by Gasteiger charge is -2.73. The van der Waals surface area contributed by atoms with E-state index >= 15 is 0 Å². The van der Waals surface area contributed by atoms with E-state index in [4.69, 9.17) is 9.47 Å². The van der Waals surface area contributed by atoms with Gasteiger partial charge in [-0.3, -0.25) is 9.59 Å². The molecule has 12 aliphatic rings. The molecule has 4 nitrogen and oxygen atoms in total. The fourth-order valence-corrected chi connectivity index (χ4v) is 16.1. The van der Waals surface area contributed by atoms with E-state index < -0.39 is 0 Å². The maximum Gasteiger partial charge on any atom is 0.306 e. The van der Waals surface area contributed by atoms with E-state index in [2.05, 4.69) is 13.8 Å². The SMILES string of the molecule is CCCCCCCC(=O)OC12CCC(C34CCC(C56CCC(C78CCC(OC(=O)CCCCCCC)(CC7)CC8)(CC5)CC6)(CC3)CC4)(CC1)CC2. The van der Waals surface area contributed by atoms with Crippen LogP contribution >= 0.6 is 0 Å². The lowest BCUT2D eigenvalue weighted by Crippen LogP contribution is -2.64. The van der Waals surface area contributed by atoms with Gasteiger partial charge in [0.2, 0.25) is 0 Å². The summed E-state index contributed by atoms with van der Waals surface area (Å²) in [6.07, 6.45) is 46.0. The van der Waals surface area contributed by atoms with Crippen molar-refractivity contribution in [1.29, 1.82) is 0 Å². The lowest BCUT2D eigenvalue weighted by molar-refractivity contribution is -0.240. The second kappa shape index (κ2) is 14.5. The fraction of sp³-hybridized carbons (Fsp3) is 0.958. The minimum Gasteiger partial charge on any atom is -0.459 e. The second-order valence-corrected chi connectivity index (χ2v) is 21.3. The van der Waals surface area contributed by atoms with E-state index in [9.17, 15) is 9.59 Å². The number of unbranched alkanes of at least 4 members (excludes halogenated alkanes) is 8. The molecular formula is C48H78O4. The van der Waals surface area contributed by atoms with Crippen molar-refractivity contribution in [1.82, 2.24) is 0 Å². The minimum atomic E-state index is -0.128. The summed E-state index contributed by atoms with van der Waals surface area (Å²) in [7, 11) is 0. The third-order valence-corrected chi connectivity index (χ3v) is 19.9. The van der Waals surface area contributed by atoms with Gasteiger partial charge in [-0.05, 0) is 199 Å². The van der Waals surface area contributed by atoms with Gasteiger partial charge in [-0.25, -0.2) is 0 Å². The molecule has 0 aliphatic heterocycles. The summed E-state index contributed by atoms with van der Waals surface area (Å²) in [5.74, 6) is 0.188. The molecule has 0 atom stereocenters. The fourth-order valence-electron chi connectivity index (χ4n) is 16.1. The topological polar surface area (TPSA) is 52.6 Å². The Morgan fingerprint density at radius 1 is 0.327 bits per heavy atom. The highest BCUT2D eigenvalue weighted by Gasteiger charge is 2.70. The number of ether oxygens (including phenoxy) is 2. The third kappa shape index (κ3) is 6.27. The number of hydrogen-bond acceptors (Lipinski definition) is 4. The van der Waals surface area contributed by atoms with Crippen LogP contribution < -0.4 is 0 Å². The molecule has 294 valence electrons. The summed E-state index contributed by atoms with van der Waals surface area (Å²) in [5.41, 5.74) is 3.18. The first-order valence-corrected chi connectivity index (χ1v) is 23.6. The highest BCUT2D eigenvalue weighted by atomic mass is 16.6. The molecule has 0 heterocycles. The number of esters is 2. The number of rotatable bonds is 17. The van der Waals surface area contributed by atoms with Crippen molar-refractivity contribution >= 4 is 11.9 Å². The Labute approximate surface area is 318 Å². The molecule has 8 bridgehead atoms. The van der Waals surface area contributed by atoms with Crippen molar-refractivity contribution in [2.24, 2.45) is 32.5 Å². The molecule has 0 N–H and O–H groups in total. The predicted octanol–water partition coefficient (Wildman–Crippen LogP) is 13.7. The standard InChI is InChI=1S/C48H78O4/c1-3-5-7-9-11-13-39(49)51-47-33-27-45(28-34-47,29-35-47)43-21-15-41(16-22-43,17-23-43)42-18-24-44(25-19-42,26-20-42)46-30-36-48(37-31-46,38-32-46)52-40(50)14-12-10-8-6-4-2/h3-38H2,1-2H3. The van der Waals surface area contributed by atoms with E-state index in [1.807, 2.05) is 0 Å². The second-order valence-electron chi connectivity index (χ2n) is 21.3. The zero-order valence-corrected chi connectivity index (χ0v) is 34.1. The quantitative estimate of drug-likeness (QED) is 0.111. The molecule has 12 rings (SSSR count). The first-order valence-electron chi connectivity index (χ1n) is 23.6. The van der Waals surface area contributed by atoms with Crippen LogP contribution in [0.15, 0.2) is 0 Å². The highest BCUT2D eigenvalue weighted by molar-refractivity contribution is 5.70. The van der Waals surface area contributed by atoms with Gasteiger partial charge in [0, 0.05) is 12.8 Å². The van der Waals surface area contributed by atoms with Crippen molar-refractivity contribution < 1.29 is 19.1 Å². The average Bonchev–Trinajstić information content (AvgIpc) is 3.20. The molecule has 12 aliphatic carbocycles. The van der Waals surface area contributed by atoms with Gasteiger partial charge in [0.1, 0.15) is 11.2 Å². The zero-order valence-electron chi connectivity index (χ0n) is 34.1. The van der Waals surface area contributed by atoms with E-state index in [-0.39, 0.29) is 23.1 Å². The molecule has 12 saturated carbocycles. The van der Waals surface area contributed by atoms with Crippen LogP contribution in [-0.4, -0.2) is 23.1 Å². The summed E-state index contributed by atoms with van der Waals surface area (Å²) >= 11 is 0. The van der Waals surface area contributed by atoms with Gasteiger partial charge >= 0.3 is 11.9 Å². The third-order valence-electron chi connectivity index (χ3n) is 19.9. The molecule has 0 unspecified atom stereocenters. The Morgan fingerprint density at radius 2 is 0.538 bits per heavy atom. The number of carbonyl (C=O) groups is 2. The molecule has 0 aromatic heterocycles. The Hall–Kier alpha value is -1.06. The van der Waals surface area contributed by atoms with Gasteiger partial charge in [0.15, 0.2) is 0 Å². The van der Waals surface area contributed by atoms with Crippen molar-refractivity contribution in [3.05, 3.63) is 0 Å². The van der Waals surface area contributed by atoms with E-state index in [1.165, 1.54) is 167 Å². The summed E-state index contributed by atoms with van der Waals surface area (Å²) in [6.45, 7) is 4.50. The van der Waals surface area contributed by atoms with Gasteiger partial charge in [-0.15, -0.1) is 0 Å². The monoisotopic (exact) mass is 719 g/mol. The first-order chi connectivity index (χ1) is 25.1. The van der Waals surface area contributed by atoms with E-state index in [0.717, 1.165) is 51.4 Å². The Balaban J connectivity index is 0.826. The molecule has 0 radical (unpaired) electrons. The zero-order chi connectivity index (χ0) is 36.0. The van der Waals surface area contributed by atoms with Crippen molar-refractivity contribution in [3.8, 4) is 0 Å². The van der Waals surface area contributed by atoms with Crippen LogP contribution in [0.4, 0.5) is 0 Å². The van der Waals surface area contributed by atoms with Crippen LogP contribution in [0.1, 0.15) is 245 Å². The van der Waals surface area contributed by atoms with E-state index in [0.29, 0.717) is 45.3 Å². The largest absolute Gasteiger partial charge is 0.459 e. The molecule has 0 spiro atoms. The van der Waals surface area contributed by atoms with Crippen LogP contribution in [0.5, 0.6) is 0 Å². The van der Waals surface area contributed by atoms with E-state index in [1.54, 1.807) is 0 Å². The smallest absolute Gasteiger partial charge is 0.306 e. The summed E-state index contributed by atoms with van der Waals surface area (Å²) in [6, 6.07) is 0. The lowest BCUT2D eigenvalue weighted by atomic mass is 9.32. The van der Waals surface area contributed by atoms with Crippen molar-refractivity contribution in [2.45, 2.75) is 256 Å². The predicted molar refractivity (Wildman–Crippen MR) is 210 cm³/mol. The normalized spacial score (nSPS) is 44.6. The molecule has 0 saturated heterocycles. The Kier molecular flexibility index (Phi) is 10.5. The average molecular weight is 719 g/mol. The molecule has 0 aromatic rings. The number of carbonyl (C=O) groups excluding carboxylic acids is 2. The van der Waals surface area contributed by atoms with Gasteiger partial charge in [0.05, 0.1) is 0 Å². The van der Waals surface area contributed by atoms with Crippen molar-refractivity contribution in [2.75, 3.05) is 0 Å². The Morgan fingerprint density at radius 3 is 0.769 bits per heavy atom. The van der Waals surface area contributed by atoms with Crippen molar-refractivity contribution in [3.63, 3.8) is 0 Å². The summed E-state index contributed by atoms with van der Waals surface area (Å²) in [4.78, 5) is 25.8. The summed E-state index contributed by atoms with van der Waals surface area (Å²) in [5, 5.41) is 0. The maximum atomic E-state index is 12.9. The number of hydrogen-bond donors (Lipinski definition) is 0. The Bertz CT molecular complexity index is 1100. The molecule has 12 fully saturated rings. The summed E-state index contributed by atoms with van der Waals surface area (Å²) < 4.78 is 12.7. The first kappa shape index (κ1) is 37.8. The van der Waals surface area contributed by atoms with Gasteiger partial charge in [-0.2, -0.15) is 0 Å². The van der Waals surface area contributed by atoms with Crippen LogP contribution in [0.2, 0.25) is 0 Å². The maximum absolute atomic E-state index is 12.9.